The molecule has 3 aromatic rings. The monoisotopic (exact) mass is 432 g/mol. The van der Waals surface area contributed by atoms with Gasteiger partial charge in [0.15, 0.2) is 23.0 Å². The van der Waals surface area contributed by atoms with Gasteiger partial charge in [-0.15, -0.1) is 12.4 Å². The zero-order chi connectivity index (χ0) is 20.5. The predicted molar refractivity (Wildman–Crippen MR) is 123 cm³/mol. The molecule has 0 saturated carbocycles. The molecule has 3 aromatic carbocycles. The first-order valence-electron chi connectivity index (χ1n) is 9.82. The first kappa shape index (κ1) is 22.3. The Morgan fingerprint density at radius 2 is 1.17 bits per heavy atom. The summed E-state index contributed by atoms with van der Waals surface area (Å²) < 4.78 is 22.4. The van der Waals surface area contributed by atoms with Crippen LogP contribution in [-0.4, -0.2) is 53.0 Å². The van der Waals surface area contributed by atoms with Gasteiger partial charge in [-0.05, 0) is 63.4 Å². The molecule has 0 atom stereocenters. The SMILES string of the molecule is COc1cc2c3c(c4cc(OC)c(OC)cc4c2cc1OC)CN(CCN)CC3.Cl. The fourth-order valence-electron chi connectivity index (χ4n) is 4.44. The number of benzene rings is 3. The van der Waals surface area contributed by atoms with E-state index in [1.807, 2.05) is 0 Å². The van der Waals surface area contributed by atoms with E-state index in [2.05, 4.69) is 29.2 Å². The van der Waals surface area contributed by atoms with Crippen molar-refractivity contribution in [2.24, 2.45) is 5.73 Å². The molecular weight excluding hydrogens is 404 g/mol. The summed E-state index contributed by atoms with van der Waals surface area (Å²) >= 11 is 0. The van der Waals surface area contributed by atoms with Gasteiger partial charge < -0.3 is 24.7 Å². The Labute approximate surface area is 183 Å². The molecule has 30 heavy (non-hydrogen) atoms. The van der Waals surface area contributed by atoms with Gasteiger partial charge in [0.25, 0.3) is 0 Å². The van der Waals surface area contributed by atoms with Crippen molar-refractivity contribution in [3.8, 4) is 23.0 Å². The highest BCUT2D eigenvalue weighted by Crippen LogP contribution is 2.44. The maximum Gasteiger partial charge on any atom is 0.161 e. The van der Waals surface area contributed by atoms with Gasteiger partial charge in [0.1, 0.15) is 0 Å². The molecule has 0 aromatic heterocycles. The van der Waals surface area contributed by atoms with Gasteiger partial charge in [0.2, 0.25) is 0 Å². The van der Waals surface area contributed by atoms with E-state index in [-0.39, 0.29) is 12.4 Å². The normalized spacial score (nSPS) is 13.6. The summed E-state index contributed by atoms with van der Waals surface area (Å²) in [5, 5.41) is 4.63. The number of hydrogen-bond donors (Lipinski definition) is 1. The van der Waals surface area contributed by atoms with Crippen LogP contribution >= 0.6 is 12.4 Å². The zero-order valence-electron chi connectivity index (χ0n) is 17.9. The summed E-state index contributed by atoms with van der Waals surface area (Å²) in [6, 6.07) is 8.32. The minimum absolute atomic E-state index is 0. The zero-order valence-corrected chi connectivity index (χ0v) is 18.7. The van der Waals surface area contributed by atoms with E-state index in [4.69, 9.17) is 24.7 Å². The molecule has 0 unspecified atom stereocenters. The van der Waals surface area contributed by atoms with Crippen LogP contribution in [0, 0.1) is 0 Å². The standard InChI is InChI=1S/C23H28N2O4.ClH/c1-26-20-9-15-14-5-7-25(8-6-24)13-19(14)18-12-23(29-4)22(28-3)11-17(18)16(15)10-21(20)27-2;/h9-12H,5-8,13,24H2,1-4H3;1H. The van der Waals surface area contributed by atoms with Crippen molar-refractivity contribution in [3.05, 3.63) is 35.4 Å². The highest BCUT2D eigenvalue weighted by Gasteiger charge is 2.24. The lowest BCUT2D eigenvalue weighted by Gasteiger charge is -2.31. The summed E-state index contributed by atoms with van der Waals surface area (Å²) in [5.41, 5.74) is 8.50. The van der Waals surface area contributed by atoms with E-state index in [9.17, 15) is 0 Å². The molecule has 2 N–H and O–H groups in total. The second kappa shape index (κ2) is 9.16. The van der Waals surface area contributed by atoms with E-state index >= 15 is 0 Å². The number of ether oxygens (including phenoxy) is 4. The van der Waals surface area contributed by atoms with Crippen LogP contribution in [0.3, 0.4) is 0 Å². The van der Waals surface area contributed by atoms with E-state index in [1.165, 1.54) is 21.9 Å². The highest BCUT2D eigenvalue weighted by molar-refractivity contribution is 6.12. The smallest absolute Gasteiger partial charge is 0.161 e. The highest BCUT2D eigenvalue weighted by atomic mass is 35.5. The van der Waals surface area contributed by atoms with Crippen LogP contribution in [0.25, 0.3) is 21.5 Å². The van der Waals surface area contributed by atoms with Crippen molar-refractivity contribution in [1.82, 2.24) is 4.90 Å². The summed E-state index contributed by atoms with van der Waals surface area (Å²) in [5.74, 6) is 2.91. The molecule has 0 aliphatic carbocycles. The molecule has 7 heteroatoms. The van der Waals surface area contributed by atoms with E-state index < -0.39 is 0 Å². The Hall–Kier alpha value is -2.41. The number of halogens is 1. The molecule has 0 amide bonds. The van der Waals surface area contributed by atoms with E-state index in [0.717, 1.165) is 54.1 Å². The minimum atomic E-state index is 0. The van der Waals surface area contributed by atoms with E-state index in [1.54, 1.807) is 28.4 Å². The number of nitrogens with two attached hydrogens (primary N) is 1. The van der Waals surface area contributed by atoms with Gasteiger partial charge in [-0.1, -0.05) is 0 Å². The molecule has 0 fully saturated rings. The van der Waals surface area contributed by atoms with Gasteiger partial charge in [-0.3, -0.25) is 4.90 Å². The molecule has 0 spiro atoms. The largest absolute Gasteiger partial charge is 0.493 e. The minimum Gasteiger partial charge on any atom is -0.493 e. The fourth-order valence-corrected chi connectivity index (χ4v) is 4.44. The van der Waals surface area contributed by atoms with Crippen molar-refractivity contribution in [2.75, 3.05) is 48.1 Å². The topological polar surface area (TPSA) is 66.2 Å². The summed E-state index contributed by atoms with van der Waals surface area (Å²) in [7, 11) is 6.68. The Morgan fingerprint density at radius 3 is 1.60 bits per heavy atom. The molecular formula is C23H29ClN2O4. The van der Waals surface area contributed by atoms with Gasteiger partial charge in [0.05, 0.1) is 28.4 Å². The third-order valence-electron chi connectivity index (χ3n) is 5.86. The lowest BCUT2D eigenvalue weighted by Crippen LogP contribution is -2.34. The molecule has 1 aliphatic heterocycles. The van der Waals surface area contributed by atoms with Crippen LogP contribution in [0.4, 0.5) is 0 Å². The second-order valence-electron chi connectivity index (χ2n) is 7.28. The number of rotatable bonds is 6. The number of hydrogen-bond acceptors (Lipinski definition) is 6. The summed E-state index contributed by atoms with van der Waals surface area (Å²) in [4.78, 5) is 2.41. The van der Waals surface area contributed by atoms with Crippen molar-refractivity contribution < 1.29 is 18.9 Å². The Bertz CT molecular complexity index is 1070. The third-order valence-corrected chi connectivity index (χ3v) is 5.86. The lowest BCUT2D eigenvalue weighted by atomic mass is 9.87. The Morgan fingerprint density at radius 1 is 0.733 bits per heavy atom. The van der Waals surface area contributed by atoms with Crippen molar-refractivity contribution in [2.45, 2.75) is 13.0 Å². The van der Waals surface area contributed by atoms with Crippen LogP contribution in [0.5, 0.6) is 23.0 Å². The van der Waals surface area contributed by atoms with Gasteiger partial charge in [-0.2, -0.15) is 0 Å². The van der Waals surface area contributed by atoms with E-state index in [0.29, 0.717) is 12.3 Å². The molecule has 0 bridgehead atoms. The van der Waals surface area contributed by atoms with Gasteiger partial charge >= 0.3 is 0 Å². The van der Waals surface area contributed by atoms with Crippen LogP contribution in [0.2, 0.25) is 0 Å². The second-order valence-corrected chi connectivity index (χ2v) is 7.28. The first-order chi connectivity index (χ1) is 14.1. The molecule has 162 valence electrons. The molecule has 4 rings (SSSR count). The number of methoxy groups -OCH3 is 4. The van der Waals surface area contributed by atoms with Crippen LogP contribution < -0.4 is 24.7 Å². The molecule has 1 heterocycles. The predicted octanol–water partition coefficient (Wildman–Crippen LogP) is 3.77. The third kappa shape index (κ3) is 3.60. The maximum atomic E-state index is 5.83. The molecule has 0 saturated heterocycles. The molecule has 6 nitrogen and oxygen atoms in total. The summed E-state index contributed by atoms with van der Waals surface area (Å²) in [6.07, 6.45) is 0.964. The first-order valence-corrected chi connectivity index (χ1v) is 9.82. The van der Waals surface area contributed by atoms with Gasteiger partial charge in [-0.25, -0.2) is 0 Å². The van der Waals surface area contributed by atoms with Crippen LogP contribution in [-0.2, 0) is 13.0 Å². The van der Waals surface area contributed by atoms with Crippen LogP contribution in [0.1, 0.15) is 11.1 Å². The fraction of sp³-hybridized carbons (Fsp3) is 0.391. The van der Waals surface area contributed by atoms with Crippen molar-refractivity contribution in [1.29, 1.82) is 0 Å². The number of fused-ring (bicyclic) bond motifs is 6. The average molecular weight is 433 g/mol. The number of nitrogens with zero attached hydrogens (tertiary/aromatic N) is 1. The molecule has 0 radical (unpaired) electrons. The van der Waals surface area contributed by atoms with Crippen molar-refractivity contribution in [3.63, 3.8) is 0 Å². The average Bonchev–Trinajstić information content (AvgIpc) is 2.77. The quantitative estimate of drug-likeness (QED) is 0.598. The molecule has 1 aliphatic rings. The lowest BCUT2D eigenvalue weighted by molar-refractivity contribution is 0.263. The van der Waals surface area contributed by atoms with Gasteiger partial charge in [0, 0.05) is 26.2 Å². The Balaban J connectivity index is 0.00000256. The Kier molecular flexibility index (Phi) is 6.81. The van der Waals surface area contributed by atoms with Crippen LogP contribution in [0.15, 0.2) is 24.3 Å². The maximum absolute atomic E-state index is 5.83. The summed E-state index contributed by atoms with van der Waals surface area (Å²) in [6.45, 7) is 3.40. The van der Waals surface area contributed by atoms with Crippen molar-refractivity contribution >= 4 is 34.0 Å².